The number of hydrogen-bond donors (Lipinski definition) is 0. The molecule has 128 valence electrons. The maximum Gasteiger partial charge on any atom is 0.198 e. The Morgan fingerprint density at radius 2 is 1.46 bits per heavy atom. The molecule has 0 radical (unpaired) electrons. The Kier molecular flexibility index (Phi) is 6.12. The molecule has 2 aromatic carbocycles. The van der Waals surface area contributed by atoms with E-state index in [1.807, 2.05) is 0 Å². The Morgan fingerprint density at radius 1 is 0.833 bits per heavy atom. The fraction of sp³-hybridized carbons (Fsp3) is 0.235. The van der Waals surface area contributed by atoms with Crippen molar-refractivity contribution in [2.75, 3.05) is 28.4 Å². The van der Waals surface area contributed by atoms with Crippen LogP contribution in [0.2, 0.25) is 0 Å². The van der Waals surface area contributed by atoms with Crippen LogP contribution in [-0.4, -0.2) is 34.2 Å². The maximum absolute atomic E-state index is 13.1. The molecule has 0 aliphatic carbocycles. The first-order chi connectivity index (χ1) is 11.5. The third-order valence-corrected chi connectivity index (χ3v) is 5.42. The van der Waals surface area contributed by atoms with Gasteiger partial charge in [-0.05, 0) is 56.1 Å². The van der Waals surface area contributed by atoms with Crippen molar-refractivity contribution in [2.45, 2.75) is 0 Å². The summed E-state index contributed by atoms with van der Waals surface area (Å²) in [7, 11) is 6.06. The summed E-state index contributed by atoms with van der Waals surface area (Å²) in [6.07, 6.45) is 0. The molecule has 7 heteroatoms. The molecule has 2 aromatic rings. The second-order valence-electron chi connectivity index (χ2n) is 4.68. The Morgan fingerprint density at radius 3 is 2.00 bits per heavy atom. The number of methoxy groups -OCH3 is 4. The predicted molar refractivity (Wildman–Crippen MR) is 97.9 cm³/mol. The molecule has 0 unspecified atom stereocenters. The van der Waals surface area contributed by atoms with Crippen molar-refractivity contribution in [1.82, 2.24) is 0 Å². The molecule has 0 aromatic heterocycles. The fourth-order valence-corrected chi connectivity index (χ4v) is 3.15. The first kappa shape index (κ1) is 18.6. The zero-order valence-corrected chi connectivity index (χ0v) is 16.8. The lowest BCUT2D eigenvalue weighted by molar-refractivity contribution is 0.103. The van der Waals surface area contributed by atoms with E-state index in [1.54, 1.807) is 24.3 Å². The molecular formula is C17H16Br2O5. The number of carbonyl (C=O) groups is 1. The number of rotatable bonds is 6. The largest absolute Gasteiger partial charge is 0.493 e. The molecule has 0 aliphatic heterocycles. The van der Waals surface area contributed by atoms with Crippen LogP contribution in [0.1, 0.15) is 15.9 Å². The van der Waals surface area contributed by atoms with Gasteiger partial charge in [0.15, 0.2) is 28.8 Å². The van der Waals surface area contributed by atoms with E-state index in [2.05, 4.69) is 31.9 Å². The van der Waals surface area contributed by atoms with Crippen molar-refractivity contribution in [3.8, 4) is 23.0 Å². The highest BCUT2D eigenvalue weighted by molar-refractivity contribution is 9.13. The highest BCUT2D eigenvalue weighted by Crippen LogP contribution is 2.42. The Bertz CT molecular complexity index is 774. The summed E-state index contributed by atoms with van der Waals surface area (Å²) in [5, 5.41) is 0. The van der Waals surface area contributed by atoms with E-state index in [0.717, 1.165) is 0 Å². The van der Waals surface area contributed by atoms with E-state index in [4.69, 9.17) is 18.9 Å². The van der Waals surface area contributed by atoms with Crippen molar-refractivity contribution in [3.63, 3.8) is 0 Å². The summed E-state index contributed by atoms with van der Waals surface area (Å²) in [4.78, 5) is 13.1. The van der Waals surface area contributed by atoms with Gasteiger partial charge in [0.2, 0.25) is 0 Å². The molecule has 0 bridgehead atoms. The topological polar surface area (TPSA) is 54.0 Å². The van der Waals surface area contributed by atoms with Crippen LogP contribution < -0.4 is 18.9 Å². The van der Waals surface area contributed by atoms with Gasteiger partial charge in [0, 0.05) is 14.5 Å². The Labute approximate surface area is 157 Å². The van der Waals surface area contributed by atoms with E-state index in [9.17, 15) is 4.79 Å². The molecule has 0 saturated heterocycles. The second kappa shape index (κ2) is 7.90. The van der Waals surface area contributed by atoms with Gasteiger partial charge in [-0.3, -0.25) is 4.79 Å². The van der Waals surface area contributed by atoms with E-state index in [0.29, 0.717) is 43.1 Å². The van der Waals surface area contributed by atoms with Crippen LogP contribution >= 0.6 is 31.9 Å². The molecule has 2 rings (SSSR count). The molecule has 0 aliphatic rings. The minimum atomic E-state index is -0.237. The van der Waals surface area contributed by atoms with Crippen molar-refractivity contribution in [3.05, 3.63) is 44.3 Å². The van der Waals surface area contributed by atoms with Crippen LogP contribution in [0.15, 0.2) is 33.2 Å². The van der Waals surface area contributed by atoms with Gasteiger partial charge in [0.1, 0.15) is 0 Å². The minimum Gasteiger partial charge on any atom is -0.493 e. The lowest BCUT2D eigenvalue weighted by Gasteiger charge is -2.16. The molecular weight excluding hydrogens is 444 g/mol. The van der Waals surface area contributed by atoms with Gasteiger partial charge in [0.25, 0.3) is 0 Å². The maximum atomic E-state index is 13.1. The minimum absolute atomic E-state index is 0.237. The first-order valence-electron chi connectivity index (χ1n) is 6.85. The number of ether oxygens (including phenoxy) is 4. The summed E-state index contributed by atoms with van der Waals surface area (Å²) in [5.74, 6) is 1.59. The van der Waals surface area contributed by atoms with Crippen LogP contribution in [0, 0.1) is 0 Å². The van der Waals surface area contributed by atoms with E-state index in [1.165, 1.54) is 28.4 Å². The van der Waals surface area contributed by atoms with Crippen molar-refractivity contribution in [1.29, 1.82) is 0 Å². The quantitative estimate of drug-likeness (QED) is 0.596. The Balaban J connectivity index is 2.64. The van der Waals surface area contributed by atoms with Gasteiger partial charge in [-0.1, -0.05) is 0 Å². The lowest BCUT2D eigenvalue weighted by atomic mass is 10.0. The van der Waals surface area contributed by atoms with Crippen LogP contribution in [-0.2, 0) is 0 Å². The number of benzene rings is 2. The molecule has 24 heavy (non-hydrogen) atoms. The van der Waals surface area contributed by atoms with Crippen LogP contribution in [0.5, 0.6) is 23.0 Å². The van der Waals surface area contributed by atoms with Crippen molar-refractivity contribution < 1.29 is 23.7 Å². The van der Waals surface area contributed by atoms with Gasteiger partial charge in [-0.15, -0.1) is 0 Å². The summed E-state index contributed by atoms with van der Waals surface area (Å²) in [5.41, 5.74) is 0.794. The monoisotopic (exact) mass is 458 g/mol. The predicted octanol–water partition coefficient (Wildman–Crippen LogP) is 4.48. The van der Waals surface area contributed by atoms with Crippen LogP contribution in [0.3, 0.4) is 0 Å². The van der Waals surface area contributed by atoms with Gasteiger partial charge in [-0.2, -0.15) is 0 Å². The molecule has 0 heterocycles. The SMILES string of the molecule is COc1ccc(C(=O)c2c(Br)c(Br)cc(OC)c2OC)cc1OC. The number of halogens is 2. The van der Waals surface area contributed by atoms with E-state index >= 15 is 0 Å². The summed E-state index contributed by atoms with van der Waals surface area (Å²) in [6.45, 7) is 0. The van der Waals surface area contributed by atoms with Gasteiger partial charge in [-0.25, -0.2) is 0 Å². The van der Waals surface area contributed by atoms with E-state index in [-0.39, 0.29) is 5.78 Å². The third-order valence-electron chi connectivity index (χ3n) is 3.43. The zero-order chi connectivity index (χ0) is 17.9. The smallest absolute Gasteiger partial charge is 0.198 e. The molecule has 0 atom stereocenters. The number of hydrogen-bond acceptors (Lipinski definition) is 5. The van der Waals surface area contributed by atoms with Crippen molar-refractivity contribution >= 4 is 37.6 Å². The summed E-state index contributed by atoms with van der Waals surface area (Å²) >= 11 is 6.85. The average Bonchev–Trinajstić information content (AvgIpc) is 2.61. The average molecular weight is 460 g/mol. The number of carbonyl (C=O) groups excluding carboxylic acids is 1. The van der Waals surface area contributed by atoms with Crippen LogP contribution in [0.25, 0.3) is 0 Å². The third kappa shape index (κ3) is 3.37. The molecule has 0 saturated carbocycles. The van der Waals surface area contributed by atoms with Gasteiger partial charge < -0.3 is 18.9 Å². The summed E-state index contributed by atoms with van der Waals surface area (Å²) < 4.78 is 22.4. The van der Waals surface area contributed by atoms with Crippen molar-refractivity contribution in [2.24, 2.45) is 0 Å². The zero-order valence-electron chi connectivity index (χ0n) is 13.6. The highest BCUT2D eigenvalue weighted by Gasteiger charge is 2.25. The van der Waals surface area contributed by atoms with E-state index < -0.39 is 0 Å². The molecule has 0 amide bonds. The number of ketones is 1. The highest BCUT2D eigenvalue weighted by atomic mass is 79.9. The molecule has 5 nitrogen and oxygen atoms in total. The van der Waals surface area contributed by atoms with Gasteiger partial charge >= 0.3 is 0 Å². The second-order valence-corrected chi connectivity index (χ2v) is 6.33. The molecule has 0 fully saturated rings. The summed E-state index contributed by atoms with van der Waals surface area (Å²) in [6, 6.07) is 6.71. The standard InChI is InChI=1S/C17H16Br2O5/c1-21-11-6-5-9(7-12(11)22-2)16(20)14-15(19)10(18)8-13(23-3)17(14)24-4/h5-8H,1-4H3. The van der Waals surface area contributed by atoms with Gasteiger partial charge in [0.05, 0.1) is 34.0 Å². The lowest BCUT2D eigenvalue weighted by Crippen LogP contribution is -2.07. The molecule has 0 spiro atoms. The Hall–Kier alpha value is -1.73. The fourth-order valence-electron chi connectivity index (χ4n) is 2.27. The molecule has 0 N–H and O–H groups in total. The first-order valence-corrected chi connectivity index (χ1v) is 8.43. The normalized spacial score (nSPS) is 10.2. The van der Waals surface area contributed by atoms with Crippen LogP contribution in [0.4, 0.5) is 0 Å².